The standard InChI is InChI=1S/C30H36N2O2/c1-3-5-19-33-24-8-6-23(7-9-24)25-10-11-28(27(21-32)26(25)20-31)34-22-30-16-13-29(12-4-2,14-17-30)15-18-30/h6-11H,3-5,12-19,22H2,1-2H3. The first-order valence-electron chi connectivity index (χ1n) is 12.9. The van der Waals surface area contributed by atoms with Crippen LogP contribution in [0, 0.1) is 33.5 Å². The summed E-state index contributed by atoms with van der Waals surface area (Å²) in [5.74, 6) is 1.35. The van der Waals surface area contributed by atoms with E-state index >= 15 is 0 Å². The van der Waals surface area contributed by atoms with Gasteiger partial charge in [0.05, 0.1) is 18.8 Å². The first-order valence-corrected chi connectivity index (χ1v) is 12.9. The number of unbranched alkanes of at least 4 members (excludes halogenated alkanes) is 1. The molecule has 0 amide bonds. The minimum atomic E-state index is 0.224. The number of rotatable bonds is 10. The highest BCUT2D eigenvalue weighted by Gasteiger charge is 2.48. The van der Waals surface area contributed by atoms with Gasteiger partial charge >= 0.3 is 0 Å². The van der Waals surface area contributed by atoms with Crippen LogP contribution < -0.4 is 9.47 Å². The maximum Gasteiger partial charge on any atom is 0.138 e. The Morgan fingerprint density at radius 3 is 2.00 bits per heavy atom. The Balaban J connectivity index is 1.49. The van der Waals surface area contributed by atoms with Crippen molar-refractivity contribution >= 4 is 0 Å². The van der Waals surface area contributed by atoms with Crippen LogP contribution in [0.3, 0.4) is 0 Å². The van der Waals surface area contributed by atoms with Crippen molar-refractivity contribution in [3.63, 3.8) is 0 Å². The smallest absolute Gasteiger partial charge is 0.138 e. The van der Waals surface area contributed by atoms with Gasteiger partial charge in [-0.05, 0) is 86.6 Å². The van der Waals surface area contributed by atoms with E-state index in [1.165, 1.54) is 51.4 Å². The lowest BCUT2D eigenvalue weighted by Gasteiger charge is -2.53. The van der Waals surface area contributed by atoms with Crippen molar-refractivity contribution in [3.8, 4) is 34.8 Å². The SMILES string of the molecule is CCCCOc1ccc(-c2ccc(OCC34CCC(CCC)(CC3)CC4)c(C#N)c2C#N)cc1. The Morgan fingerprint density at radius 1 is 0.765 bits per heavy atom. The molecule has 34 heavy (non-hydrogen) atoms. The van der Waals surface area contributed by atoms with Crippen molar-refractivity contribution in [2.24, 2.45) is 10.8 Å². The highest BCUT2D eigenvalue weighted by atomic mass is 16.5. The molecule has 0 unspecified atom stereocenters. The highest BCUT2D eigenvalue weighted by molar-refractivity contribution is 5.76. The molecule has 5 rings (SSSR count). The predicted octanol–water partition coefficient (Wildman–Crippen LogP) is 7.80. The predicted molar refractivity (Wildman–Crippen MR) is 135 cm³/mol. The van der Waals surface area contributed by atoms with Gasteiger partial charge in [0.15, 0.2) is 0 Å². The molecule has 3 fully saturated rings. The molecule has 3 aliphatic carbocycles. The lowest BCUT2D eigenvalue weighted by molar-refractivity contribution is -0.0402. The van der Waals surface area contributed by atoms with Gasteiger partial charge in [-0.2, -0.15) is 10.5 Å². The molecule has 4 nitrogen and oxygen atoms in total. The summed E-state index contributed by atoms with van der Waals surface area (Å²) in [7, 11) is 0. The van der Waals surface area contributed by atoms with E-state index < -0.39 is 0 Å². The van der Waals surface area contributed by atoms with Crippen molar-refractivity contribution < 1.29 is 9.47 Å². The highest BCUT2D eigenvalue weighted by Crippen LogP contribution is 2.58. The van der Waals surface area contributed by atoms with Gasteiger partial charge < -0.3 is 9.47 Å². The van der Waals surface area contributed by atoms with E-state index in [9.17, 15) is 10.5 Å². The van der Waals surface area contributed by atoms with Gasteiger partial charge in [0, 0.05) is 11.0 Å². The summed E-state index contributed by atoms with van der Waals surface area (Å²) >= 11 is 0. The Labute approximate surface area is 204 Å². The van der Waals surface area contributed by atoms with Crippen LogP contribution in [0.25, 0.3) is 11.1 Å². The van der Waals surface area contributed by atoms with E-state index in [4.69, 9.17) is 9.47 Å². The fourth-order valence-corrected chi connectivity index (χ4v) is 5.93. The zero-order chi connectivity index (χ0) is 24.0. The van der Waals surface area contributed by atoms with E-state index in [0.717, 1.165) is 29.7 Å². The normalized spacial score (nSPS) is 23.2. The van der Waals surface area contributed by atoms with Crippen LogP contribution in [0.2, 0.25) is 0 Å². The van der Waals surface area contributed by atoms with Crippen molar-refractivity contribution in [2.45, 2.75) is 78.1 Å². The molecule has 0 aromatic heterocycles. The second-order valence-corrected chi connectivity index (χ2v) is 10.3. The average Bonchev–Trinajstić information content (AvgIpc) is 2.88. The minimum absolute atomic E-state index is 0.224. The summed E-state index contributed by atoms with van der Waals surface area (Å²) in [4.78, 5) is 0. The quantitative estimate of drug-likeness (QED) is 0.342. The molecule has 0 heterocycles. The fraction of sp³-hybridized carbons (Fsp3) is 0.533. The van der Waals surface area contributed by atoms with Crippen LogP contribution in [-0.2, 0) is 0 Å². The second kappa shape index (κ2) is 10.5. The van der Waals surface area contributed by atoms with Crippen LogP contribution >= 0.6 is 0 Å². The zero-order valence-electron chi connectivity index (χ0n) is 20.7. The molecule has 2 bridgehead atoms. The Hall–Kier alpha value is -2.98. The van der Waals surface area contributed by atoms with Gasteiger partial charge in [0.25, 0.3) is 0 Å². The summed E-state index contributed by atoms with van der Waals surface area (Å²) < 4.78 is 12.0. The van der Waals surface area contributed by atoms with Crippen LogP contribution in [0.15, 0.2) is 36.4 Å². The monoisotopic (exact) mass is 456 g/mol. The summed E-state index contributed by atoms with van der Waals surface area (Å²) in [6.07, 6.45) is 12.3. The largest absolute Gasteiger partial charge is 0.494 e. The zero-order valence-corrected chi connectivity index (χ0v) is 20.7. The second-order valence-electron chi connectivity index (χ2n) is 10.3. The molecule has 178 valence electrons. The maximum atomic E-state index is 9.93. The molecule has 2 aromatic carbocycles. The lowest BCUT2D eigenvalue weighted by atomic mass is 9.53. The molecule has 0 atom stereocenters. The Kier molecular flexibility index (Phi) is 7.47. The third-order valence-electron chi connectivity index (χ3n) is 8.19. The molecule has 0 radical (unpaired) electrons. The summed E-state index contributed by atoms with van der Waals surface area (Å²) in [6, 6.07) is 16.0. The third kappa shape index (κ3) is 4.92. The molecule has 0 N–H and O–H groups in total. The Bertz CT molecular complexity index is 1050. The number of benzene rings is 2. The number of ether oxygens (including phenoxy) is 2. The van der Waals surface area contributed by atoms with E-state index in [-0.39, 0.29) is 5.41 Å². The molecule has 0 saturated heterocycles. The number of hydrogen-bond acceptors (Lipinski definition) is 4. The number of nitriles is 2. The number of hydrogen-bond donors (Lipinski definition) is 0. The van der Waals surface area contributed by atoms with Crippen molar-refractivity contribution in [3.05, 3.63) is 47.5 Å². The van der Waals surface area contributed by atoms with Gasteiger partial charge in [-0.1, -0.05) is 38.8 Å². The van der Waals surface area contributed by atoms with Crippen molar-refractivity contribution in [2.75, 3.05) is 13.2 Å². The molecule has 0 spiro atoms. The average molecular weight is 457 g/mol. The Morgan fingerprint density at radius 2 is 1.41 bits per heavy atom. The molecule has 2 aromatic rings. The maximum absolute atomic E-state index is 9.93. The number of nitrogens with zero attached hydrogens (tertiary/aromatic N) is 2. The van der Waals surface area contributed by atoms with Crippen molar-refractivity contribution in [1.29, 1.82) is 10.5 Å². The molecular formula is C30H36N2O2. The lowest BCUT2D eigenvalue weighted by Crippen LogP contribution is -2.44. The first-order chi connectivity index (χ1) is 16.6. The first kappa shape index (κ1) is 24.2. The van der Waals surface area contributed by atoms with Gasteiger partial charge in [-0.3, -0.25) is 0 Å². The molecule has 0 aliphatic heterocycles. The van der Waals surface area contributed by atoms with Gasteiger partial charge in [0.2, 0.25) is 0 Å². The van der Waals surface area contributed by atoms with Gasteiger partial charge in [-0.15, -0.1) is 0 Å². The van der Waals surface area contributed by atoms with Crippen LogP contribution in [0.4, 0.5) is 0 Å². The van der Waals surface area contributed by atoms with E-state index in [2.05, 4.69) is 26.0 Å². The molecular weight excluding hydrogens is 420 g/mol. The minimum Gasteiger partial charge on any atom is -0.494 e. The number of fused-ring (bicyclic) bond motifs is 3. The van der Waals surface area contributed by atoms with E-state index in [1.54, 1.807) is 0 Å². The summed E-state index contributed by atoms with van der Waals surface area (Å²) in [5.41, 5.74) is 3.16. The van der Waals surface area contributed by atoms with E-state index in [0.29, 0.717) is 35.5 Å². The fourth-order valence-electron chi connectivity index (χ4n) is 5.93. The van der Waals surface area contributed by atoms with E-state index in [1.807, 2.05) is 36.4 Å². The van der Waals surface area contributed by atoms with Crippen LogP contribution in [0.1, 0.15) is 89.2 Å². The molecule has 4 heteroatoms. The van der Waals surface area contributed by atoms with Crippen LogP contribution in [0.5, 0.6) is 11.5 Å². The molecule has 3 saturated carbocycles. The topological polar surface area (TPSA) is 66.0 Å². The summed E-state index contributed by atoms with van der Waals surface area (Å²) in [6.45, 7) is 5.77. The third-order valence-corrected chi connectivity index (χ3v) is 8.19. The summed E-state index contributed by atoms with van der Waals surface area (Å²) in [5, 5.41) is 19.9. The van der Waals surface area contributed by atoms with Crippen molar-refractivity contribution in [1.82, 2.24) is 0 Å². The molecule has 3 aliphatic rings. The van der Waals surface area contributed by atoms with Gasteiger partial charge in [-0.25, -0.2) is 0 Å². The van der Waals surface area contributed by atoms with Crippen LogP contribution in [-0.4, -0.2) is 13.2 Å². The van der Waals surface area contributed by atoms with Gasteiger partial charge in [0.1, 0.15) is 29.2 Å².